The first-order valence-corrected chi connectivity index (χ1v) is 10.8. The summed E-state index contributed by atoms with van der Waals surface area (Å²) in [5, 5.41) is 0. The topological polar surface area (TPSA) is 97.1 Å². The molecule has 2 atom stereocenters. The molecule has 1 aromatic carbocycles. The number of hydrogen-bond acceptors (Lipinski definition) is 6. The highest BCUT2D eigenvalue weighted by molar-refractivity contribution is 7.81. The predicted octanol–water partition coefficient (Wildman–Crippen LogP) is 2.81. The summed E-state index contributed by atoms with van der Waals surface area (Å²) < 4.78 is 70.0. The van der Waals surface area contributed by atoms with Crippen LogP contribution in [0.25, 0.3) is 0 Å². The zero-order valence-corrected chi connectivity index (χ0v) is 18.0. The Morgan fingerprint density at radius 3 is 2.69 bits per heavy atom. The number of carbonyl (C=O) groups excluding carboxylic acids is 1. The molecule has 1 saturated heterocycles. The highest BCUT2D eigenvalue weighted by atomic mass is 32.2. The fourth-order valence-corrected chi connectivity index (χ4v) is 4.07. The van der Waals surface area contributed by atoms with E-state index in [1.54, 1.807) is 13.4 Å². The van der Waals surface area contributed by atoms with Gasteiger partial charge in [0, 0.05) is 32.9 Å². The Kier molecular flexibility index (Phi) is 7.74. The molecule has 2 aromatic rings. The van der Waals surface area contributed by atoms with Crippen LogP contribution < -0.4 is 13.9 Å². The monoisotopic (exact) mass is 476 g/mol. The quantitative estimate of drug-likeness (QED) is 0.585. The molecule has 0 bridgehead atoms. The largest absolute Gasteiger partial charge is 0.573 e. The molecule has 1 amide bonds. The lowest BCUT2D eigenvalue weighted by molar-refractivity contribution is -0.274. The maximum absolute atomic E-state index is 13.1. The number of imidazole rings is 1. The van der Waals surface area contributed by atoms with Crippen LogP contribution in [-0.2, 0) is 27.3 Å². The first-order chi connectivity index (χ1) is 15.2. The van der Waals surface area contributed by atoms with Crippen LogP contribution in [0.2, 0.25) is 0 Å². The van der Waals surface area contributed by atoms with Gasteiger partial charge in [-0.1, -0.05) is 0 Å². The maximum Gasteiger partial charge on any atom is 0.573 e. The lowest BCUT2D eigenvalue weighted by atomic mass is 9.97. The van der Waals surface area contributed by atoms with Crippen LogP contribution in [0.5, 0.6) is 5.75 Å². The van der Waals surface area contributed by atoms with Crippen molar-refractivity contribution in [3.63, 3.8) is 0 Å². The van der Waals surface area contributed by atoms with Gasteiger partial charge in [0.25, 0.3) is 11.3 Å². The van der Waals surface area contributed by atoms with E-state index in [1.807, 2.05) is 15.7 Å². The molecule has 2 heterocycles. The van der Waals surface area contributed by atoms with Gasteiger partial charge in [0.1, 0.15) is 11.6 Å². The van der Waals surface area contributed by atoms with Crippen molar-refractivity contribution in [3.05, 3.63) is 36.8 Å². The molecule has 1 N–H and O–H groups in total. The van der Waals surface area contributed by atoms with Crippen LogP contribution in [0.4, 0.5) is 24.7 Å². The third-order valence-corrected chi connectivity index (χ3v) is 5.63. The summed E-state index contributed by atoms with van der Waals surface area (Å²) in [5.74, 6) is -0.997. The van der Waals surface area contributed by atoms with E-state index in [-0.39, 0.29) is 5.69 Å². The SMILES string of the molecule is COCCn1cnc(N2CCC[C@@H](C(=O)N(c3ccc(OC(F)(F)F)cc3)S(=O)O)C2)c1. The number of aromatic nitrogens is 2. The second-order valence-corrected chi connectivity index (χ2v) is 7.98. The molecule has 9 nitrogen and oxygen atoms in total. The summed E-state index contributed by atoms with van der Waals surface area (Å²) in [4.78, 5) is 19.4. The van der Waals surface area contributed by atoms with Crippen molar-refractivity contribution in [3.8, 4) is 5.75 Å². The average molecular weight is 476 g/mol. The lowest BCUT2D eigenvalue weighted by Gasteiger charge is -2.34. The highest BCUT2D eigenvalue weighted by Crippen LogP contribution is 2.29. The van der Waals surface area contributed by atoms with Crippen LogP contribution >= 0.6 is 0 Å². The molecule has 0 saturated carbocycles. The Labute approximate surface area is 185 Å². The van der Waals surface area contributed by atoms with Gasteiger partial charge >= 0.3 is 6.36 Å². The molecule has 3 rings (SSSR count). The number of amides is 1. The third-order valence-electron chi connectivity index (χ3n) is 4.93. The number of methoxy groups -OCH3 is 1. The summed E-state index contributed by atoms with van der Waals surface area (Å²) in [7, 11) is 1.60. The van der Waals surface area contributed by atoms with E-state index in [9.17, 15) is 26.7 Å². The number of rotatable bonds is 8. The third kappa shape index (κ3) is 6.20. The van der Waals surface area contributed by atoms with Gasteiger partial charge in [0.15, 0.2) is 0 Å². The summed E-state index contributed by atoms with van der Waals surface area (Å²) in [5.41, 5.74) is -0.00803. The van der Waals surface area contributed by atoms with E-state index in [2.05, 4.69) is 9.72 Å². The molecule has 1 aliphatic rings. The summed E-state index contributed by atoms with van der Waals surface area (Å²) in [6, 6.07) is 4.22. The van der Waals surface area contributed by atoms with E-state index < -0.39 is 35.2 Å². The summed E-state index contributed by atoms with van der Waals surface area (Å²) >= 11 is -2.70. The molecule has 13 heteroatoms. The van der Waals surface area contributed by atoms with Crippen molar-refractivity contribution in [2.45, 2.75) is 25.7 Å². The Bertz CT molecular complexity index is 938. The minimum atomic E-state index is -4.86. The molecule has 1 fully saturated rings. The molecule has 0 aliphatic carbocycles. The second kappa shape index (κ2) is 10.3. The molecule has 0 spiro atoms. The van der Waals surface area contributed by atoms with Crippen LogP contribution in [0.15, 0.2) is 36.8 Å². The molecular weight excluding hydrogens is 453 g/mol. The van der Waals surface area contributed by atoms with Crippen molar-refractivity contribution < 1.29 is 36.2 Å². The average Bonchev–Trinajstić information content (AvgIpc) is 3.21. The van der Waals surface area contributed by atoms with Crippen LogP contribution in [0, 0.1) is 5.92 Å². The summed E-state index contributed by atoms with van der Waals surface area (Å²) in [6.07, 6.45) is -0.181. The predicted molar refractivity (Wildman–Crippen MR) is 110 cm³/mol. The zero-order chi connectivity index (χ0) is 23.3. The van der Waals surface area contributed by atoms with E-state index in [0.717, 1.165) is 24.3 Å². The Hall–Kier alpha value is -2.64. The summed E-state index contributed by atoms with van der Waals surface area (Å²) in [6.45, 7) is 2.13. The molecule has 1 aliphatic heterocycles. The van der Waals surface area contributed by atoms with Gasteiger partial charge in [-0.25, -0.2) is 13.5 Å². The molecule has 32 heavy (non-hydrogen) atoms. The van der Waals surface area contributed by atoms with Gasteiger partial charge in [-0.2, -0.15) is 0 Å². The van der Waals surface area contributed by atoms with Gasteiger partial charge in [-0.15, -0.1) is 13.2 Å². The van der Waals surface area contributed by atoms with Gasteiger partial charge in [0.05, 0.1) is 24.5 Å². The fourth-order valence-electron chi connectivity index (χ4n) is 3.46. The van der Waals surface area contributed by atoms with Crippen molar-refractivity contribution in [2.75, 3.05) is 36.0 Å². The molecular formula is C19H23F3N4O5S. The highest BCUT2D eigenvalue weighted by Gasteiger charge is 2.34. The zero-order valence-electron chi connectivity index (χ0n) is 17.2. The Morgan fingerprint density at radius 2 is 2.06 bits per heavy atom. The van der Waals surface area contributed by atoms with E-state index in [0.29, 0.717) is 49.2 Å². The number of alkyl halides is 3. The Morgan fingerprint density at radius 1 is 1.34 bits per heavy atom. The number of halogens is 3. The van der Waals surface area contributed by atoms with E-state index in [1.165, 1.54) is 0 Å². The van der Waals surface area contributed by atoms with Gasteiger partial charge < -0.3 is 18.9 Å². The van der Waals surface area contributed by atoms with Gasteiger partial charge in [0.2, 0.25) is 5.91 Å². The van der Waals surface area contributed by atoms with Crippen molar-refractivity contribution in [2.24, 2.45) is 5.92 Å². The van der Waals surface area contributed by atoms with Gasteiger partial charge in [-0.3, -0.25) is 9.35 Å². The maximum atomic E-state index is 13.1. The standard InChI is InChI=1S/C19H23F3N4O5S/c1-30-10-9-24-12-17(23-13-24)25-8-2-3-14(11-25)18(27)26(32(28)29)15-4-6-16(7-5-15)31-19(20,21)22/h4-7,12-14H,2-3,8-11H2,1H3,(H,28,29)/t14-/m1/s1. The van der Waals surface area contributed by atoms with E-state index in [4.69, 9.17) is 4.74 Å². The number of carbonyl (C=O) groups is 1. The number of piperidine rings is 1. The number of nitrogens with zero attached hydrogens (tertiary/aromatic N) is 4. The first-order valence-electron chi connectivity index (χ1n) is 9.74. The Balaban J connectivity index is 1.71. The molecule has 176 valence electrons. The smallest absolute Gasteiger partial charge is 0.406 e. The van der Waals surface area contributed by atoms with Gasteiger partial charge in [-0.05, 0) is 37.1 Å². The number of benzene rings is 1. The van der Waals surface area contributed by atoms with Crippen LogP contribution in [0.3, 0.4) is 0 Å². The molecule has 0 radical (unpaired) electrons. The lowest BCUT2D eigenvalue weighted by Crippen LogP contribution is -2.45. The van der Waals surface area contributed by atoms with Crippen molar-refractivity contribution in [1.29, 1.82) is 0 Å². The van der Waals surface area contributed by atoms with Crippen molar-refractivity contribution >= 4 is 28.7 Å². The minimum Gasteiger partial charge on any atom is -0.406 e. The normalized spacial score (nSPS) is 17.8. The fraction of sp³-hybridized carbons (Fsp3) is 0.474. The number of anilines is 2. The molecule has 1 unspecified atom stereocenters. The second-order valence-electron chi connectivity index (χ2n) is 7.15. The van der Waals surface area contributed by atoms with Crippen molar-refractivity contribution in [1.82, 2.24) is 9.55 Å². The number of hydrogen-bond donors (Lipinski definition) is 1. The van der Waals surface area contributed by atoms with E-state index >= 15 is 0 Å². The minimum absolute atomic E-state index is 0.00803. The first kappa shape index (κ1) is 24.0. The van der Waals surface area contributed by atoms with Crippen LogP contribution in [-0.4, -0.2) is 57.4 Å². The van der Waals surface area contributed by atoms with Crippen LogP contribution in [0.1, 0.15) is 12.8 Å². The number of ether oxygens (including phenoxy) is 2. The molecule has 1 aromatic heterocycles.